The number of aromatic nitrogens is 1. The largest absolute Gasteiger partial charge is 0.263 e. The Kier molecular flexibility index (Phi) is 4.12. The van der Waals surface area contributed by atoms with E-state index in [9.17, 15) is 8.42 Å². The van der Waals surface area contributed by atoms with Gasteiger partial charge in [-0.15, -0.1) is 0 Å². The lowest BCUT2D eigenvalue weighted by Crippen LogP contribution is -2.12. The van der Waals surface area contributed by atoms with Crippen molar-refractivity contribution in [2.45, 2.75) is 31.6 Å². The molecule has 1 heterocycles. The maximum atomic E-state index is 12.5. The summed E-state index contributed by atoms with van der Waals surface area (Å²) in [6.07, 6.45) is 0. The quantitative estimate of drug-likeness (QED) is 0.755. The van der Waals surface area contributed by atoms with Crippen LogP contribution in [0.5, 0.6) is 0 Å². The van der Waals surface area contributed by atoms with Crippen molar-refractivity contribution in [2.24, 2.45) is 0 Å². The van der Waals surface area contributed by atoms with E-state index in [0.717, 1.165) is 21.3 Å². The average molecular weight is 346 g/mol. The second-order valence-electron chi connectivity index (χ2n) is 5.77. The number of nitrogens with zero attached hydrogens (tertiary/aromatic N) is 1. The van der Waals surface area contributed by atoms with Crippen molar-refractivity contribution in [1.29, 1.82) is 0 Å². The van der Waals surface area contributed by atoms with Gasteiger partial charge in [0.15, 0.2) is 5.13 Å². The standard InChI is InChI=1S/C17H18N2O2S2/c1-11(2)13-7-9-14(10-8-13)23(20,21)19-17-18-16-12(3)5-4-6-15(16)22-17/h4-11H,1-3H3,(H,18,19). The van der Waals surface area contributed by atoms with Crippen molar-refractivity contribution in [3.8, 4) is 0 Å². The Morgan fingerprint density at radius 2 is 1.78 bits per heavy atom. The second-order valence-corrected chi connectivity index (χ2v) is 8.48. The zero-order valence-corrected chi connectivity index (χ0v) is 14.8. The van der Waals surface area contributed by atoms with E-state index in [1.54, 1.807) is 12.1 Å². The van der Waals surface area contributed by atoms with Crippen molar-refractivity contribution in [3.63, 3.8) is 0 Å². The first-order chi connectivity index (χ1) is 10.9. The molecule has 1 N–H and O–H groups in total. The summed E-state index contributed by atoms with van der Waals surface area (Å²) in [5.74, 6) is 0.368. The van der Waals surface area contributed by atoms with Gasteiger partial charge in [0.1, 0.15) is 0 Å². The normalized spacial score (nSPS) is 12.0. The molecule has 0 aliphatic heterocycles. The molecule has 3 aromatic rings. The van der Waals surface area contributed by atoms with Crippen LogP contribution in [-0.2, 0) is 10.0 Å². The number of para-hydroxylation sites is 1. The third kappa shape index (κ3) is 3.23. The molecule has 2 aromatic carbocycles. The van der Waals surface area contributed by atoms with E-state index in [0.29, 0.717) is 11.0 Å². The van der Waals surface area contributed by atoms with Crippen LogP contribution in [0.2, 0.25) is 0 Å². The lowest BCUT2D eigenvalue weighted by atomic mass is 10.0. The molecular formula is C17H18N2O2S2. The Labute approximate surface area is 140 Å². The fraction of sp³-hybridized carbons (Fsp3) is 0.235. The van der Waals surface area contributed by atoms with Crippen LogP contribution in [0.15, 0.2) is 47.4 Å². The number of hydrogen-bond donors (Lipinski definition) is 1. The molecule has 120 valence electrons. The van der Waals surface area contributed by atoms with Gasteiger partial charge in [-0.2, -0.15) is 0 Å². The first-order valence-electron chi connectivity index (χ1n) is 7.36. The predicted octanol–water partition coefficient (Wildman–Crippen LogP) is 4.53. The lowest BCUT2D eigenvalue weighted by Gasteiger charge is -2.08. The monoisotopic (exact) mass is 346 g/mol. The van der Waals surface area contributed by atoms with Crippen LogP contribution in [0.3, 0.4) is 0 Å². The zero-order valence-electron chi connectivity index (χ0n) is 13.2. The van der Waals surface area contributed by atoms with E-state index < -0.39 is 10.0 Å². The van der Waals surface area contributed by atoms with E-state index in [1.807, 2.05) is 37.3 Å². The number of rotatable bonds is 4. The summed E-state index contributed by atoms with van der Waals surface area (Å²) in [5.41, 5.74) is 2.98. The van der Waals surface area contributed by atoms with Crippen molar-refractivity contribution >= 4 is 36.7 Å². The third-order valence-electron chi connectivity index (χ3n) is 3.70. The molecule has 0 saturated heterocycles. The van der Waals surface area contributed by atoms with Gasteiger partial charge in [-0.1, -0.05) is 49.4 Å². The summed E-state index contributed by atoms with van der Waals surface area (Å²) in [6.45, 7) is 6.11. The van der Waals surface area contributed by atoms with Crippen LogP contribution >= 0.6 is 11.3 Å². The van der Waals surface area contributed by atoms with E-state index in [-0.39, 0.29) is 4.90 Å². The Bertz CT molecular complexity index is 942. The highest BCUT2D eigenvalue weighted by Crippen LogP contribution is 2.29. The van der Waals surface area contributed by atoms with Crippen LogP contribution < -0.4 is 4.72 Å². The minimum atomic E-state index is -3.62. The SMILES string of the molecule is Cc1cccc2sc(NS(=O)(=O)c3ccc(C(C)C)cc3)nc12. The molecule has 4 nitrogen and oxygen atoms in total. The number of anilines is 1. The molecule has 3 rings (SSSR count). The van der Waals surface area contributed by atoms with Crippen molar-refractivity contribution in [3.05, 3.63) is 53.6 Å². The third-order valence-corrected chi connectivity index (χ3v) is 6.12. The summed E-state index contributed by atoms with van der Waals surface area (Å²) >= 11 is 1.34. The predicted molar refractivity (Wildman–Crippen MR) is 95.7 cm³/mol. The first kappa shape index (κ1) is 16.0. The molecular weight excluding hydrogens is 328 g/mol. The maximum Gasteiger partial charge on any atom is 0.263 e. The molecule has 0 unspecified atom stereocenters. The van der Waals surface area contributed by atoms with Crippen molar-refractivity contribution < 1.29 is 8.42 Å². The molecule has 6 heteroatoms. The molecule has 0 spiro atoms. The van der Waals surface area contributed by atoms with Gasteiger partial charge >= 0.3 is 0 Å². The number of benzene rings is 2. The summed E-state index contributed by atoms with van der Waals surface area (Å²) < 4.78 is 28.5. The summed E-state index contributed by atoms with van der Waals surface area (Å²) in [4.78, 5) is 4.65. The smallest absolute Gasteiger partial charge is 0.255 e. The van der Waals surface area contributed by atoms with Gasteiger partial charge in [0.2, 0.25) is 0 Å². The molecule has 0 fully saturated rings. The number of sulfonamides is 1. The average Bonchev–Trinajstić information content (AvgIpc) is 2.90. The van der Waals surface area contributed by atoms with Gasteiger partial charge < -0.3 is 0 Å². The van der Waals surface area contributed by atoms with E-state index >= 15 is 0 Å². The number of thiazole rings is 1. The van der Waals surface area contributed by atoms with E-state index in [4.69, 9.17) is 0 Å². The summed E-state index contributed by atoms with van der Waals surface area (Å²) in [5, 5.41) is 0.391. The van der Waals surface area contributed by atoms with Crippen LogP contribution in [0, 0.1) is 6.92 Å². The summed E-state index contributed by atoms with van der Waals surface area (Å²) in [7, 11) is -3.62. The molecule has 1 aromatic heterocycles. The Balaban J connectivity index is 1.91. The Morgan fingerprint density at radius 1 is 1.09 bits per heavy atom. The fourth-order valence-electron chi connectivity index (χ4n) is 2.34. The summed E-state index contributed by atoms with van der Waals surface area (Å²) in [6, 6.07) is 12.8. The Hall–Kier alpha value is -1.92. The number of nitrogens with one attached hydrogen (secondary N) is 1. The van der Waals surface area contributed by atoms with Crippen molar-refractivity contribution in [2.75, 3.05) is 4.72 Å². The molecule has 0 amide bonds. The molecule has 0 bridgehead atoms. The minimum absolute atomic E-state index is 0.248. The fourth-order valence-corrected chi connectivity index (χ4v) is 4.51. The molecule has 0 atom stereocenters. The van der Waals surface area contributed by atoms with E-state index in [2.05, 4.69) is 23.6 Å². The highest BCUT2D eigenvalue weighted by Gasteiger charge is 2.17. The van der Waals surface area contributed by atoms with Gasteiger partial charge in [0.25, 0.3) is 10.0 Å². The van der Waals surface area contributed by atoms with Crippen molar-refractivity contribution in [1.82, 2.24) is 4.98 Å². The zero-order chi connectivity index (χ0) is 16.6. The van der Waals surface area contributed by atoms with Crippen LogP contribution in [0.4, 0.5) is 5.13 Å². The molecule has 0 aliphatic carbocycles. The minimum Gasteiger partial charge on any atom is -0.255 e. The molecule has 0 radical (unpaired) electrons. The van der Waals surface area contributed by atoms with Gasteiger partial charge in [-0.3, -0.25) is 4.72 Å². The topological polar surface area (TPSA) is 59.1 Å². The van der Waals surface area contributed by atoms with Gasteiger partial charge in [-0.25, -0.2) is 13.4 Å². The lowest BCUT2D eigenvalue weighted by molar-refractivity contribution is 0.601. The van der Waals surface area contributed by atoms with Crippen LogP contribution in [-0.4, -0.2) is 13.4 Å². The van der Waals surface area contributed by atoms with Crippen LogP contribution in [0.25, 0.3) is 10.2 Å². The number of fused-ring (bicyclic) bond motifs is 1. The highest BCUT2D eigenvalue weighted by atomic mass is 32.2. The first-order valence-corrected chi connectivity index (χ1v) is 9.66. The van der Waals surface area contributed by atoms with E-state index in [1.165, 1.54) is 11.3 Å². The number of aryl methyl sites for hydroxylation is 1. The molecule has 0 aliphatic rings. The molecule has 23 heavy (non-hydrogen) atoms. The second kappa shape index (κ2) is 5.94. The Morgan fingerprint density at radius 3 is 2.39 bits per heavy atom. The highest BCUT2D eigenvalue weighted by molar-refractivity contribution is 7.93. The van der Waals surface area contributed by atoms with Gasteiger partial charge in [-0.05, 0) is 42.2 Å². The number of hydrogen-bond acceptors (Lipinski definition) is 4. The van der Waals surface area contributed by atoms with Gasteiger partial charge in [0, 0.05) is 0 Å². The maximum absolute atomic E-state index is 12.5. The van der Waals surface area contributed by atoms with Gasteiger partial charge in [0.05, 0.1) is 15.1 Å². The van der Waals surface area contributed by atoms with Crippen LogP contribution in [0.1, 0.15) is 30.9 Å². The molecule has 0 saturated carbocycles.